The molecule has 0 aliphatic rings. The molecule has 0 aliphatic carbocycles. The van der Waals surface area contributed by atoms with E-state index in [2.05, 4.69) is 10.6 Å². The van der Waals surface area contributed by atoms with E-state index >= 15 is 0 Å². The molecule has 0 bridgehead atoms. The second-order valence-corrected chi connectivity index (χ2v) is 7.43. The highest BCUT2D eigenvalue weighted by molar-refractivity contribution is 8.01. The zero-order valence-corrected chi connectivity index (χ0v) is 15.9. The number of thioether (sulfide) groups is 1. The highest BCUT2D eigenvalue weighted by Crippen LogP contribution is 2.20. The summed E-state index contributed by atoms with van der Waals surface area (Å²) in [5.41, 5.74) is 4.93. The van der Waals surface area contributed by atoms with Crippen LogP contribution in [-0.2, 0) is 9.59 Å². The number of aryl methyl sites for hydroxylation is 2. The summed E-state index contributed by atoms with van der Waals surface area (Å²) in [6.07, 6.45) is 0. The molecule has 0 fully saturated rings. The lowest BCUT2D eigenvalue weighted by atomic mass is 10.1. The Labute approximate surface area is 153 Å². The van der Waals surface area contributed by atoms with Crippen molar-refractivity contribution in [3.8, 4) is 0 Å². The number of carbonyl (C=O) groups is 2. The molecule has 2 N–H and O–H groups in total. The minimum atomic E-state index is -0.316. The van der Waals surface area contributed by atoms with Gasteiger partial charge in [0.1, 0.15) is 0 Å². The molecule has 4 nitrogen and oxygen atoms in total. The standard InChI is InChI=1S/C20H24N2O2S/c1-13-8-10-17(11-9-13)21-19(23)12-25-16(4)20(24)22-18-7-5-6-14(2)15(18)3/h5-11,16H,12H2,1-4H3,(H,21,23)(H,22,24)/t16-/m1/s1. The molecule has 0 aliphatic heterocycles. The van der Waals surface area contributed by atoms with Crippen LogP contribution in [0.3, 0.4) is 0 Å². The molecule has 0 aromatic heterocycles. The highest BCUT2D eigenvalue weighted by Gasteiger charge is 2.16. The fraction of sp³-hybridized carbons (Fsp3) is 0.300. The predicted molar refractivity (Wildman–Crippen MR) is 106 cm³/mol. The first kappa shape index (κ1) is 19.1. The molecule has 0 saturated heterocycles. The normalized spacial score (nSPS) is 11.7. The van der Waals surface area contributed by atoms with E-state index in [-0.39, 0.29) is 22.8 Å². The number of nitrogens with one attached hydrogen (secondary N) is 2. The molecule has 25 heavy (non-hydrogen) atoms. The Morgan fingerprint density at radius 3 is 2.36 bits per heavy atom. The third-order valence-electron chi connectivity index (χ3n) is 4.03. The Morgan fingerprint density at radius 2 is 1.68 bits per heavy atom. The highest BCUT2D eigenvalue weighted by atomic mass is 32.2. The van der Waals surface area contributed by atoms with Gasteiger partial charge < -0.3 is 10.6 Å². The van der Waals surface area contributed by atoms with Crippen molar-refractivity contribution in [2.24, 2.45) is 0 Å². The lowest BCUT2D eigenvalue weighted by molar-refractivity contribution is -0.115. The molecular weight excluding hydrogens is 332 g/mol. The van der Waals surface area contributed by atoms with Crippen molar-refractivity contribution in [2.45, 2.75) is 32.9 Å². The third kappa shape index (κ3) is 5.64. The molecule has 1 atom stereocenters. The van der Waals surface area contributed by atoms with E-state index in [0.29, 0.717) is 0 Å². The fourth-order valence-corrected chi connectivity index (χ4v) is 2.92. The van der Waals surface area contributed by atoms with Crippen molar-refractivity contribution >= 4 is 35.0 Å². The summed E-state index contributed by atoms with van der Waals surface area (Å²) < 4.78 is 0. The molecule has 0 unspecified atom stereocenters. The second kappa shape index (κ2) is 8.72. The number of amides is 2. The van der Waals surface area contributed by atoms with Crippen molar-refractivity contribution in [1.82, 2.24) is 0 Å². The summed E-state index contributed by atoms with van der Waals surface area (Å²) in [7, 11) is 0. The van der Waals surface area contributed by atoms with Gasteiger partial charge >= 0.3 is 0 Å². The van der Waals surface area contributed by atoms with Gasteiger partial charge in [-0.15, -0.1) is 11.8 Å². The first-order valence-electron chi connectivity index (χ1n) is 8.22. The van der Waals surface area contributed by atoms with Crippen LogP contribution in [0.4, 0.5) is 11.4 Å². The topological polar surface area (TPSA) is 58.2 Å². The molecule has 0 radical (unpaired) electrons. The first-order chi connectivity index (χ1) is 11.9. The maximum Gasteiger partial charge on any atom is 0.237 e. The average Bonchev–Trinajstić information content (AvgIpc) is 2.58. The Bertz CT molecular complexity index is 757. The predicted octanol–water partition coefficient (Wildman–Crippen LogP) is 4.31. The smallest absolute Gasteiger partial charge is 0.237 e. The Kier molecular flexibility index (Phi) is 6.65. The molecular formula is C20H24N2O2S. The largest absolute Gasteiger partial charge is 0.325 e. The van der Waals surface area contributed by atoms with Gasteiger partial charge in [-0.1, -0.05) is 29.8 Å². The number of benzene rings is 2. The summed E-state index contributed by atoms with van der Waals surface area (Å²) in [5, 5.41) is 5.46. The zero-order valence-electron chi connectivity index (χ0n) is 15.1. The summed E-state index contributed by atoms with van der Waals surface area (Å²) in [4.78, 5) is 24.3. The fourth-order valence-electron chi connectivity index (χ4n) is 2.23. The van der Waals surface area contributed by atoms with Gasteiger partial charge in [-0.3, -0.25) is 9.59 Å². The van der Waals surface area contributed by atoms with Crippen molar-refractivity contribution in [2.75, 3.05) is 16.4 Å². The number of anilines is 2. The zero-order chi connectivity index (χ0) is 18.4. The van der Waals surface area contributed by atoms with Gasteiger partial charge in [0, 0.05) is 11.4 Å². The SMILES string of the molecule is Cc1ccc(NC(=O)CS[C@H](C)C(=O)Nc2cccc(C)c2C)cc1. The molecule has 5 heteroatoms. The van der Waals surface area contributed by atoms with Crippen LogP contribution >= 0.6 is 11.8 Å². The van der Waals surface area contributed by atoms with Crippen LogP contribution in [0, 0.1) is 20.8 Å². The van der Waals surface area contributed by atoms with Gasteiger partial charge in [-0.05, 0) is 57.0 Å². The third-order valence-corrected chi connectivity index (χ3v) is 5.17. The molecule has 0 spiro atoms. The van der Waals surface area contributed by atoms with Gasteiger partial charge in [0.05, 0.1) is 11.0 Å². The van der Waals surface area contributed by atoms with Gasteiger partial charge in [0.15, 0.2) is 0 Å². The molecule has 2 aromatic carbocycles. The van der Waals surface area contributed by atoms with E-state index in [1.807, 2.05) is 70.2 Å². The van der Waals surface area contributed by atoms with Crippen LogP contribution in [0.1, 0.15) is 23.6 Å². The minimum Gasteiger partial charge on any atom is -0.325 e. The van der Waals surface area contributed by atoms with E-state index in [9.17, 15) is 9.59 Å². The van der Waals surface area contributed by atoms with Gasteiger partial charge in [0.25, 0.3) is 0 Å². The quantitative estimate of drug-likeness (QED) is 0.811. The maximum atomic E-state index is 12.3. The van der Waals surface area contributed by atoms with E-state index in [1.165, 1.54) is 11.8 Å². The van der Waals surface area contributed by atoms with E-state index in [1.54, 1.807) is 0 Å². The molecule has 0 saturated carbocycles. The van der Waals surface area contributed by atoms with E-state index < -0.39 is 0 Å². The van der Waals surface area contributed by atoms with Crippen LogP contribution in [0.25, 0.3) is 0 Å². The summed E-state index contributed by atoms with van der Waals surface area (Å²) >= 11 is 1.32. The lowest BCUT2D eigenvalue weighted by Gasteiger charge is -2.14. The van der Waals surface area contributed by atoms with Crippen molar-refractivity contribution in [3.05, 3.63) is 59.2 Å². The average molecular weight is 356 g/mol. The monoisotopic (exact) mass is 356 g/mol. The van der Waals surface area contributed by atoms with E-state index in [0.717, 1.165) is 28.1 Å². The summed E-state index contributed by atoms with van der Waals surface area (Å²) in [5.74, 6) is 0.0250. The van der Waals surface area contributed by atoms with Crippen LogP contribution in [0.2, 0.25) is 0 Å². The van der Waals surface area contributed by atoms with Gasteiger partial charge in [-0.2, -0.15) is 0 Å². The van der Waals surface area contributed by atoms with Crippen LogP contribution < -0.4 is 10.6 Å². The van der Waals surface area contributed by atoms with Crippen LogP contribution in [-0.4, -0.2) is 22.8 Å². The number of hydrogen-bond donors (Lipinski definition) is 2. The van der Waals surface area contributed by atoms with Crippen molar-refractivity contribution in [3.63, 3.8) is 0 Å². The lowest BCUT2D eigenvalue weighted by Crippen LogP contribution is -2.25. The maximum absolute atomic E-state index is 12.3. The van der Waals surface area contributed by atoms with Crippen LogP contribution in [0.15, 0.2) is 42.5 Å². The molecule has 0 heterocycles. The number of rotatable bonds is 6. The Hall–Kier alpha value is -2.27. The molecule has 2 aromatic rings. The summed E-state index contributed by atoms with van der Waals surface area (Å²) in [6, 6.07) is 13.5. The van der Waals surface area contributed by atoms with Gasteiger partial charge in [-0.25, -0.2) is 0 Å². The van der Waals surface area contributed by atoms with Crippen molar-refractivity contribution < 1.29 is 9.59 Å². The molecule has 132 valence electrons. The van der Waals surface area contributed by atoms with E-state index in [4.69, 9.17) is 0 Å². The first-order valence-corrected chi connectivity index (χ1v) is 9.27. The molecule has 2 rings (SSSR count). The van der Waals surface area contributed by atoms with Crippen LogP contribution in [0.5, 0.6) is 0 Å². The summed E-state index contributed by atoms with van der Waals surface area (Å²) in [6.45, 7) is 7.80. The number of hydrogen-bond acceptors (Lipinski definition) is 3. The Morgan fingerprint density at radius 1 is 1.00 bits per heavy atom. The number of carbonyl (C=O) groups excluding carboxylic acids is 2. The van der Waals surface area contributed by atoms with Crippen molar-refractivity contribution in [1.29, 1.82) is 0 Å². The minimum absolute atomic E-state index is 0.0955. The molecule has 2 amide bonds. The second-order valence-electron chi connectivity index (χ2n) is 6.10. The Balaban J connectivity index is 1.83. The van der Waals surface area contributed by atoms with Gasteiger partial charge in [0.2, 0.25) is 11.8 Å².